The zero-order valence-electron chi connectivity index (χ0n) is 8.83. The lowest BCUT2D eigenvalue weighted by Gasteiger charge is -2.34. The van der Waals surface area contributed by atoms with Gasteiger partial charge in [0.25, 0.3) is 0 Å². The molecule has 1 heteroatoms. The van der Waals surface area contributed by atoms with E-state index in [4.69, 9.17) is 0 Å². The summed E-state index contributed by atoms with van der Waals surface area (Å²) in [6.45, 7) is 4.67. The molecule has 0 radical (unpaired) electrons. The average Bonchev–Trinajstić information content (AvgIpc) is 2.23. The van der Waals surface area contributed by atoms with E-state index in [1.54, 1.807) is 5.56 Å². The highest BCUT2D eigenvalue weighted by Gasteiger charge is 2.30. The molecule has 1 aromatic rings. The molecule has 0 amide bonds. The van der Waals surface area contributed by atoms with E-state index in [1.165, 1.54) is 18.4 Å². The highest BCUT2D eigenvalue weighted by atomic mass is 79.9. The van der Waals surface area contributed by atoms with Crippen LogP contribution in [0.3, 0.4) is 0 Å². The van der Waals surface area contributed by atoms with E-state index in [2.05, 4.69) is 54.0 Å². The van der Waals surface area contributed by atoms with Gasteiger partial charge < -0.3 is 0 Å². The van der Waals surface area contributed by atoms with Gasteiger partial charge in [0.05, 0.1) is 0 Å². The quantitative estimate of drug-likeness (QED) is 0.653. The van der Waals surface area contributed by atoms with Crippen molar-refractivity contribution < 1.29 is 0 Å². The summed E-state index contributed by atoms with van der Waals surface area (Å²) >= 11 is 3.83. The molecule has 2 rings (SSSR count). The van der Waals surface area contributed by atoms with Crippen LogP contribution < -0.4 is 0 Å². The van der Waals surface area contributed by atoms with Crippen molar-refractivity contribution in [1.29, 1.82) is 0 Å². The SMILES string of the molecule is CCC1Cc2ccccc2C(Br)C1C. The van der Waals surface area contributed by atoms with E-state index in [0.29, 0.717) is 4.83 Å². The number of halogens is 1. The zero-order valence-corrected chi connectivity index (χ0v) is 10.4. The first-order chi connectivity index (χ1) is 6.74. The Morgan fingerprint density at radius 1 is 1.36 bits per heavy atom. The first-order valence-electron chi connectivity index (χ1n) is 5.46. The molecule has 76 valence electrons. The van der Waals surface area contributed by atoms with Gasteiger partial charge in [-0.15, -0.1) is 0 Å². The number of fused-ring (bicyclic) bond motifs is 1. The van der Waals surface area contributed by atoms with Gasteiger partial charge in [0.1, 0.15) is 0 Å². The summed E-state index contributed by atoms with van der Waals surface area (Å²) in [5, 5.41) is 0. The van der Waals surface area contributed by atoms with Gasteiger partial charge in [-0.2, -0.15) is 0 Å². The monoisotopic (exact) mass is 252 g/mol. The van der Waals surface area contributed by atoms with Crippen molar-refractivity contribution >= 4 is 15.9 Å². The topological polar surface area (TPSA) is 0 Å². The predicted molar refractivity (Wildman–Crippen MR) is 64.8 cm³/mol. The van der Waals surface area contributed by atoms with Crippen molar-refractivity contribution in [1.82, 2.24) is 0 Å². The van der Waals surface area contributed by atoms with Gasteiger partial charge >= 0.3 is 0 Å². The maximum atomic E-state index is 3.83. The molecule has 1 aliphatic rings. The highest BCUT2D eigenvalue weighted by molar-refractivity contribution is 9.09. The molecule has 1 aromatic carbocycles. The minimum Gasteiger partial charge on any atom is -0.0836 e. The molecule has 3 unspecified atom stereocenters. The van der Waals surface area contributed by atoms with Crippen LogP contribution in [0.5, 0.6) is 0 Å². The molecule has 0 saturated heterocycles. The van der Waals surface area contributed by atoms with Crippen LogP contribution in [0.1, 0.15) is 36.2 Å². The maximum Gasteiger partial charge on any atom is 0.0426 e. The second-order valence-electron chi connectivity index (χ2n) is 4.33. The van der Waals surface area contributed by atoms with Crippen LogP contribution in [-0.4, -0.2) is 0 Å². The lowest BCUT2D eigenvalue weighted by molar-refractivity contribution is 0.321. The first kappa shape index (κ1) is 10.2. The zero-order chi connectivity index (χ0) is 10.1. The Labute approximate surface area is 94.8 Å². The van der Waals surface area contributed by atoms with E-state index in [1.807, 2.05) is 0 Å². The molecular weight excluding hydrogens is 236 g/mol. The van der Waals surface area contributed by atoms with Gasteiger partial charge in [-0.05, 0) is 29.4 Å². The molecule has 0 heterocycles. The number of alkyl halides is 1. The maximum absolute atomic E-state index is 3.83. The minimum atomic E-state index is 0.553. The second-order valence-corrected chi connectivity index (χ2v) is 5.32. The van der Waals surface area contributed by atoms with Gasteiger partial charge in [0.2, 0.25) is 0 Å². The summed E-state index contributed by atoms with van der Waals surface area (Å²) in [5.74, 6) is 1.60. The smallest absolute Gasteiger partial charge is 0.0426 e. The Bertz CT molecular complexity index is 319. The standard InChI is InChI=1S/C13H17Br/c1-3-10-8-11-6-4-5-7-12(11)13(14)9(10)2/h4-7,9-10,13H,3,8H2,1-2H3. The fourth-order valence-corrected chi connectivity index (χ4v) is 3.37. The molecule has 0 aliphatic heterocycles. The molecule has 1 aliphatic carbocycles. The molecule has 0 fully saturated rings. The van der Waals surface area contributed by atoms with E-state index in [-0.39, 0.29) is 0 Å². The highest BCUT2D eigenvalue weighted by Crippen LogP contribution is 2.44. The van der Waals surface area contributed by atoms with Crippen molar-refractivity contribution in [2.45, 2.75) is 31.5 Å². The Morgan fingerprint density at radius 3 is 2.79 bits per heavy atom. The van der Waals surface area contributed by atoms with Crippen LogP contribution in [-0.2, 0) is 6.42 Å². The molecule has 0 nitrogen and oxygen atoms in total. The Morgan fingerprint density at radius 2 is 2.07 bits per heavy atom. The average molecular weight is 253 g/mol. The summed E-state index contributed by atoms with van der Waals surface area (Å²) < 4.78 is 0. The van der Waals surface area contributed by atoms with Crippen LogP contribution in [0.4, 0.5) is 0 Å². The third kappa shape index (κ3) is 1.63. The molecule has 14 heavy (non-hydrogen) atoms. The summed E-state index contributed by atoms with van der Waals surface area (Å²) in [5.41, 5.74) is 3.05. The van der Waals surface area contributed by atoms with Crippen molar-refractivity contribution in [3.8, 4) is 0 Å². The van der Waals surface area contributed by atoms with E-state index >= 15 is 0 Å². The lowest BCUT2D eigenvalue weighted by Crippen LogP contribution is -2.24. The summed E-state index contributed by atoms with van der Waals surface area (Å²) in [7, 11) is 0. The second kappa shape index (κ2) is 4.06. The third-order valence-electron chi connectivity index (χ3n) is 3.56. The number of benzene rings is 1. The molecule has 0 saturated carbocycles. The van der Waals surface area contributed by atoms with E-state index < -0.39 is 0 Å². The minimum absolute atomic E-state index is 0.553. The van der Waals surface area contributed by atoms with Gasteiger partial charge in [-0.1, -0.05) is 60.5 Å². The largest absolute Gasteiger partial charge is 0.0836 e. The van der Waals surface area contributed by atoms with Crippen molar-refractivity contribution in [2.24, 2.45) is 11.8 Å². The van der Waals surface area contributed by atoms with Crippen molar-refractivity contribution in [3.63, 3.8) is 0 Å². The summed E-state index contributed by atoms with van der Waals surface area (Å²) in [6, 6.07) is 8.84. The molecule has 0 N–H and O–H groups in total. The van der Waals surface area contributed by atoms with Gasteiger partial charge in [-0.25, -0.2) is 0 Å². The van der Waals surface area contributed by atoms with Crippen LogP contribution >= 0.6 is 15.9 Å². The van der Waals surface area contributed by atoms with Crippen LogP contribution in [0, 0.1) is 11.8 Å². The predicted octanol–water partition coefficient (Wildman–Crippen LogP) is 4.34. The number of hydrogen-bond acceptors (Lipinski definition) is 0. The lowest BCUT2D eigenvalue weighted by atomic mass is 9.75. The number of rotatable bonds is 1. The van der Waals surface area contributed by atoms with Gasteiger partial charge in [0, 0.05) is 4.83 Å². The first-order valence-corrected chi connectivity index (χ1v) is 6.37. The summed E-state index contributed by atoms with van der Waals surface area (Å²) in [4.78, 5) is 0.553. The molecular formula is C13H17Br. The van der Waals surface area contributed by atoms with Crippen LogP contribution in [0.2, 0.25) is 0 Å². The van der Waals surface area contributed by atoms with Gasteiger partial charge in [-0.3, -0.25) is 0 Å². The van der Waals surface area contributed by atoms with E-state index in [9.17, 15) is 0 Å². The normalized spacial score (nSPS) is 31.2. The van der Waals surface area contributed by atoms with E-state index in [0.717, 1.165) is 11.8 Å². The Hall–Kier alpha value is -0.300. The Kier molecular flexibility index (Phi) is 2.96. The molecule has 0 spiro atoms. The summed E-state index contributed by atoms with van der Waals surface area (Å²) in [6.07, 6.45) is 2.55. The molecule has 0 bridgehead atoms. The Balaban J connectivity index is 2.37. The fraction of sp³-hybridized carbons (Fsp3) is 0.538. The van der Waals surface area contributed by atoms with Crippen molar-refractivity contribution in [2.75, 3.05) is 0 Å². The van der Waals surface area contributed by atoms with Crippen molar-refractivity contribution in [3.05, 3.63) is 35.4 Å². The number of hydrogen-bond donors (Lipinski definition) is 0. The van der Waals surface area contributed by atoms with Crippen LogP contribution in [0.25, 0.3) is 0 Å². The van der Waals surface area contributed by atoms with Crippen LogP contribution in [0.15, 0.2) is 24.3 Å². The molecule has 3 atom stereocenters. The molecule has 0 aromatic heterocycles. The van der Waals surface area contributed by atoms with Gasteiger partial charge in [0.15, 0.2) is 0 Å². The fourth-order valence-electron chi connectivity index (χ4n) is 2.50. The third-order valence-corrected chi connectivity index (χ3v) is 4.89.